The number of amides is 2. The Morgan fingerprint density at radius 1 is 0.962 bits per heavy atom. The molecule has 0 aliphatic heterocycles. The van der Waals surface area contributed by atoms with Crippen LogP contribution in [0.4, 0.5) is 11.7 Å². The van der Waals surface area contributed by atoms with Crippen molar-refractivity contribution in [3.63, 3.8) is 0 Å². The van der Waals surface area contributed by atoms with Crippen molar-refractivity contribution in [1.82, 2.24) is 10.2 Å². The lowest BCUT2D eigenvalue weighted by Crippen LogP contribution is -2.12. The van der Waals surface area contributed by atoms with Gasteiger partial charge in [-0.3, -0.25) is 14.9 Å². The first-order valence-electron chi connectivity index (χ1n) is 7.90. The summed E-state index contributed by atoms with van der Waals surface area (Å²) in [7, 11) is 0. The molecule has 7 heteroatoms. The topological polar surface area (TPSA) is 97.1 Å². The third-order valence-corrected chi connectivity index (χ3v) is 3.40. The Bertz CT molecular complexity index is 931. The predicted molar refractivity (Wildman–Crippen MR) is 97.6 cm³/mol. The van der Waals surface area contributed by atoms with Crippen molar-refractivity contribution in [1.29, 1.82) is 0 Å². The third kappa shape index (κ3) is 4.21. The lowest BCUT2D eigenvalue weighted by molar-refractivity contribution is -0.111. The molecule has 0 aliphatic rings. The monoisotopic (exact) mass is 348 g/mol. The number of rotatable bonds is 5. The molecule has 0 aliphatic carbocycles. The highest BCUT2D eigenvalue weighted by molar-refractivity contribution is 6.04. The predicted octanol–water partition coefficient (Wildman–Crippen LogP) is 3.50. The summed E-state index contributed by atoms with van der Waals surface area (Å²) in [6.07, 6.45) is 3.06. The molecule has 3 aromatic rings. The van der Waals surface area contributed by atoms with Gasteiger partial charge in [0.15, 0.2) is 0 Å². The Morgan fingerprint density at radius 2 is 1.69 bits per heavy atom. The van der Waals surface area contributed by atoms with Crippen molar-refractivity contribution >= 4 is 23.5 Å². The Balaban J connectivity index is 1.65. The van der Waals surface area contributed by atoms with Crippen LogP contribution in [0.2, 0.25) is 0 Å². The van der Waals surface area contributed by atoms with Gasteiger partial charge in [0.2, 0.25) is 11.8 Å². The average Bonchev–Trinajstić information content (AvgIpc) is 3.12. The fourth-order valence-corrected chi connectivity index (χ4v) is 2.18. The molecular formula is C19H16N4O3. The van der Waals surface area contributed by atoms with E-state index in [0.29, 0.717) is 17.1 Å². The zero-order valence-corrected chi connectivity index (χ0v) is 14.0. The molecule has 7 nitrogen and oxygen atoms in total. The van der Waals surface area contributed by atoms with Crippen molar-refractivity contribution in [2.45, 2.75) is 6.92 Å². The van der Waals surface area contributed by atoms with Crippen LogP contribution in [-0.2, 0) is 4.79 Å². The molecule has 0 saturated heterocycles. The average molecular weight is 348 g/mol. The summed E-state index contributed by atoms with van der Waals surface area (Å²) in [5.41, 5.74) is 1.75. The lowest BCUT2D eigenvalue weighted by Gasteiger charge is -2.04. The SMILES string of the molecule is C/C=C/C(=O)Nc1ccc(C(=O)Nc2nnc(-c3ccccc3)o2)cc1. The normalized spacial score (nSPS) is 10.7. The molecule has 0 radical (unpaired) electrons. The number of carbonyl (C=O) groups excluding carboxylic acids is 2. The number of carbonyl (C=O) groups is 2. The molecule has 26 heavy (non-hydrogen) atoms. The molecule has 2 amide bonds. The van der Waals surface area contributed by atoms with Crippen molar-refractivity contribution in [2.75, 3.05) is 10.6 Å². The van der Waals surface area contributed by atoms with E-state index < -0.39 is 0 Å². The number of anilines is 2. The molecule has 0 bridgehead atoms. The number of hydrogen-bond donors (Lipinski definition) is 2. The number of nitrogens with one attached hydrogen (secondary N) is 2. The molecule has 0 fully saturated rings. The molecule has 2 N–H and O–H groups in total. The smallest absolute Gasteiger partial charge is 0.322 e. The molecule has 3 rings (SSSR count). The van der Waals surface area contributed by atoms with Crippen LogP contribution >= 0.6 is 0 Å². The van der Waals surface area contributed by atoms with Crippen LogP contribution in [0.3, 0.4) is 0 Å². The van der Waals surface area contributed by atoms with Crippen LogP contribution in [0.5, 0.6) is 0 Å². The van der Waals surface area contributed by atoms with Gasteiger partial charge in [-0.2, -0.15) is 0 Å². The summed E-state index contributed by atoms with van der Waals surface area (Å²) >= 11 is 0. The van der Waals surface area contributed by atoms with Gasteiger partial charge in [-0.15, -0.1) is 5.10 Å². The van der Waals surface area contributed by atoms with Gasteiger partial charge in [0.05, 0.1) is 0 Å². The van der Waals surface area contributed by atoms with Crippen molar-refractivity contribution in [3.8, 4) is 11.5 Å². The Labute approximate surface area is 149 Å². The zero-order chi connectivity index (χ0) is 18.4. The molecular weight excluding hydrogens is 332 g/mol. The Kier molecular flexibility index (Phi) is 5.19. The van der Waals surface area contributed by atoms with Crippen molar-refractivity contribution < 1.29 is 14.0 Å². The summed E-state index contributed by atoms with van der Waals surface area (Å²) in [6, 6.07) is 15.7. The summed E-state index contributed by atoms with van der Waals surface area (Å²) in [5.74, 6) is -0.300. The van der Waals surface area contributed by atoms with Crippen LogP contribution in [-0.4, -0.2) is 22.0 Å². The Morgan fingerprint density at radius 3 is 2.38 bits per heavy atom. The van der Waals surface area contributed by atoms with Crippen molar-refractivity contribution in [3.05, 3.63) is 72.3 Å². The highest BCUT2D eigenvalue weighted by Gasteiger charge is 2.12. The minimum atomic E-state index is -0.389. The highest BCUT2D eigenvalue weighted by atomic mass is 16.4. The van der Waals surface area contributed by atoms with E-state index in [0.717, 1.165) is 5.56 Å². The number of hydrogen-bond acceptors (Lipinski definition) is 5. The number of benzene rings is 2. The maximum atomic E-state index is 12.3. The van der Waals surface area contributed by atoms with Crippen LogP contribution < -0.4 is 10.6 Å². The highest BCUT2D eigenvalue weighted by Crippen LogP contribution is 2.19. The molecule has 0 saturated carbocycles. The maximum absolute atomic E-state index is 12.3. The molecule has 1 heterocycles. The first kappa shape index (κ1) is 17.1. The number of aromatic nitrogens is 2. The van der Waals surface area contributed by atoms with E-state index in [1.807, 2.05) is 30.3 Å². The quantitative estimate of drug-likeness (QED) is 0.688. The Hall–Kier alpha value is -3.74. The van der Waals surface area contributed by atoms with E-state index >= 15 is 0 Å². The van der Waals surface area contributed by atoms with Crippen LogP contribution in [0.25, 0.3) is 11.5 Å². The van der Waals surface area contributed by atoms with Gasteiger partial charge in [-0.1, -0.05) is 29.4 Å². The lowest BCUT2D eigenvalue weighted by atomic mass is 10.2. The maximum Gasteiger partial charge on any atom is 0.322 e. The van der Waals surface area contributed by atoms with E-state index in [4.69, 9.17) is 4.42 Å². The summed E-state index contributed by atoms with van der Waals surface area (Å²) < 4.78 is 5.45. The largest absolute Gasteiger partial charge is 0.403 e. The van der Waals surface area contributed by atoms with Gasteiger partial charge in [0, 0.05) is 16.8 Å². The fraction of sp³-hybridized carbons (Fsp3) is 0.0526. The van der Waals surface area contributed by atoms with E-state index in [9.17, 15) is 9.59 Å². The summed E-state index contributed by atoms with van der Waals surface area (Å²) in [5, 5.41) is 13.0. The number of allylic oxidation sites excluding steroid dienone is 1. The second-order valence-corrected chi connectivity index (χ2v) is 5.30. The van der Waals surface area contributed by atoms with Crippen molar-refractivity contribution in [2.24, 2.45) is 0 Å². The third-order valence-electron chi connectivity index (χ3n) is 3.40. The van der Waals surface area contributed by atoms with Gasteiger partial charge in [-0.25, -0.2) is 0 Å². The second-order valence-electron chi connectivity index (χ2n) is 5.30. The zero-order valence-electron chi connectivity index (χ0n) is 14.0. The van der Waals surface area contributed by atoms with E-state index in [2.05, 4.69) is 20.8 Å². The van der Waals surface area contributed by atoms with E-state index in [-0.39, 0.29) is 17.8 Å². The molecule has 0 unspecified atom stereocenters. The minimum Gasteiger partial charge on any atom is -0.403 e. The summed E-state index contributed by atoms with van der Waals surface area (Å²) in [4.78, 5) is 23.7. The molecule has 0 spiro atoms. The van der Waals surface area contributed by atoms with E-state index in [1.54, 1.807) is 37.3 Å². The van der Waals surface area contributed by atoms with Gasteiger partial charge >= 0.3 is 6.01 Å². The number of nitrogens with zero attached hydrogens (tertiary/aromatic N) is 2. The molecule has 0 atom stereocenters. The van der Waals surface area contributed by atoms with Crippen LogP contribution in [0, 0.1) is 0 Å². The van der Waals surface area contributed by atoms with Gasteiger partial charge < -0.3 is 9.73 Å². The second kappa shape index (κ2) is 7.89. The van der Waals surface area contributed by atoms with Gasteiger partial charge in [0.1, 0.15) is 0 Å². The minimum absolute atomic E-state index is 0.0133. The summed E-state index contributed by atoms with van der Waals surface area (Å²) in [6.45, 7) is 1.76. The molecule has 130 valence electrons. The standard InChI is InChI=1S/C19H16N4O3/c1-2-6-16(24)20-15-11-9-13(10-12-15)17(25)21-19-23-22-18(26-19)14-7-4-3-5-8-14/h2-12H,1H3,(H,20,24)(H,21,23,25)/b6-2+. The van der Waals surface area contributed by atoms with Gasteiger partial charge in [0.25, 0.3) is 5.91 Å². The first-order chi connectivity index (χ1) is 12.7. The van der Waals surface area contributed by atoms with Crippen LogP contribution in [0.15, 0.2) is 71.2 Å². The van der Waals surface area contributed by atoms with Crippen LogP contribution in [0.1, 0.15) is 17.3 Å². The molecule has 2 aromatic carbocycles. The molecule has 1 aromatic heterocycles. The van der Waals surface area contributed by atoms with E-state index in [1.165, 1.54) is 6.08 Å². The first-order valence-corrected chi connectivity index (χ1v) is 7.90. The fourth-order valence-electron chi connectivity index (χ4n) is 2.18. The van der Waals surface area contributed by atoms with Gasteiger partial charge in [-0.05, 0) is 49.4 Å².